The summed E-state index contributed by atoms with van der Waals surface area (Å²) in [5, 5.41) is 0.535. The molecule has 0 radical (unpaired) electrons. The number of hydrogen-bond acceptors (Lipinski definition) is 3. The van der Waals surface area contributed by atoms with Gasteiger partial charge in [0.1, 0.15) is 6.67 Å². The molecule has 0 aliphatic carbocycles. The maximum Gasteiger partial charge on any atom is 0.162 e. The lowest BCUT2D eigenvalue weighted by atomic mass is 9.70. The lowest BCUT2D eigenvalue weighted by Gasteiger charge is -2.36. The van der Waals surface area contributed by atoms with Gasteiger partial charge < -0.3 is 10.5 Å². The zero-order valence-corrected chi connectivity index (χ0v) is 11.4. The van der Waals surface area contributed by atoms with Crippen molar-refractivity contribution in [2.24, 2.45) is 11.7 Å². The van der Waals surface area contributed by atoms with Crippen LogP contribution in [0.1, 0.15) is 5.56 Å². The molecule has 1 aromatic rings. The molecule has 0 amide bonds. The van der Waals surface area contributed by atoms with Gasteiger partial charge in [0.05, 0.1) is 17.7 Å². The van der Waals surface area contributed by atoms with E-state index in [0.717, 1.165) is 6.07 Å². The van der Waals surface area contributed by atoms with E-state index in [1.165, 1.54) is 23.9 Å². The second-order valence-electron chi connectivity index (χ2n) is 5.11. The van der Waals surface area contributed by atoms with Crippen molar-refractivity contribution in [2.45, 2.75) is 11.5 Å². The number of halogens is 3. The summed E-state index contributed by atoms with van der Waals surface area (Å²) in [5.41, 5.74) is 5.17. The quantitative estimate of drug-likeness (QED) is 0.912. The van der Waals surface area contributed by atoms with E-state index in [1.807, 2.05) is 0 Å². The molecule has 0 spiro atoms. The fourth-order valence-electron chi connectivity index (χ4n) is 3.06. The Labute approximate surface area is 119 Å². The fourth-order valence-corrected chi connectivity index (χ4v) is 4.23. The minimum Gasteiger partial charge on any atom is -0.394 e. The van der Waals surface area contributed by atoms with Crippen LogP contribution in [0.5, 0.6) is 0 Å². The van der Waals surface area contributed by atoms with Crippen LogP contribution in [0.3, 0.4) is 0 Å². The molecule has 1 fully saturated rings. The van der Waals surface area contributed by atoms with Gasteiger partial charge in [0.25, 0.3) is 0 Å². The molecule has 2 nitrogen and oxygen atoms in total. The van der Waals surface area contributed by atoms with E-state index in [2.05, 4.69) is 0 Å². The third-order valence-electron chi connectivity index (χ3n) is 4.08. The highest BCUT2D eigenvalue weighted by molar-refractivity contribution is 8.03. The molecule has 0 saturated carbocycles. The minimum atomic E-state index is -0.912. The number of benzene rings is 1. The number of fused-ring (bicyclic) bond motifs is 1. The van der Waals surface area contributed by atoms with Crippen LogP contribution in [-0.4, -0.2) is 25.1 Å². The molecule has 0 aromatic heterocycles. The van der Waals surface area contributed by atoms with Crippen LogP contribution in [0.2, 0.25) is 0 Å². The molecule has 3 rings (SSSR count). The second kappa shape index (κ2) is 5.00. The van der Waals surface area contributed by atoms with E-state index in [0.29, 0.717) is 10.8 Å². The Kier molecular flexibility index (Phi) is 3.46. The van der Waals surface area contributed by atoms with Gasteiger partial charge in [0.15, 0.2) is 11.6 Å². The molecule has 2 aliphatic heterocycles. The highest BCUT2D eigenvalue weighted by atomic mass is 32.2. The normalized spacial score (nSPS) is 32.9. The van der Waals surface area contributed by atoms with Gasteiger partial charge in [0.2, 0.25) is 0 Å². The van der Waals surface area contributed by atoms with Crippen molar-refractivity contribution in [3.05, 3.63) is 46.5 Å². The SMILES string of the molecule is NC1=CC2(c3cccc(F)c3F)COC(CF)C2CS1. The lowest BCUT2D eigenvalue weighted by molar-refractivity contribution is 0.0724. The largest absolute Gasteiger partial charge is 0.394 e. The van der Waals surface area contributed by atoms with Gasteiger partial charge in [-0.15, -0.1) is 11.8 Å². The molecule has 1 aromatic carbocycles. The Morgan fingerprint density at radius 3 is 2.95 bits per heavy atom. The summed E-state index contributed by atoms with van der Waals surface area (Å²) in [6.07, 6.45) is 1.09. The molecular weight excluding hydrogens is 287 g/mol. The monoisotopic (exact) mass is 301 g/mol. The number of ether oxygens (including phenoxy) is 1. The molecule has 2 heterocycles. The summed E-state index contributed by atoms with van der Waals surface area (Å²) >= 11 is 1.39. The molecule has 2 N–H and O–H groups in total. The van der Waals surface area contributed by atoms with E-state index < -0.39 is 29.8 Å². The van der Waals surface area contributed by atoms with E-state index in [1.54, 1.807) is 6.08 Å². The summed E-state index contributed by atoms with van der Waals surface area (Å²) in [5.74, 6) is -1.53. The highest BCUT2D eigenvalue weighted by Gasteiger charge is 2.52. The lowest BCUT2D eigenvalue weighted by Crippen LogP contribution is -2.41. The van der Waals surface area contributed by atoms with E-state index in [-0.39, 0.29) is 18.1 Å². The highest BCUT2D eigenvalue weighted by Crippen LogP contribution is 2.49. The van der Waals surface area contributed by atoms with Crippen LogP contribution >= 0.6 is 11.8 Å². The molecule has 2 aliphatic rings. The van der Waals surface area contributed by atoms with Crippen LogP contribution in [0.4, 0.5) is 13.2 Å². The van der Waals surface area contributed by atoms with Gasteiger partial charge in [-0.2, -0.15) is 0 Å². The van der Waals surface area contributed by atoms with Crippen molar-refractivity contribution in [1.82, 2.24) is 0 Å². The summed E-state index contributed by atoms with van der Waals surface area (Å²) in [4.78, 5) is 0. The molecule has 1 saturated heterocycles. The van der Waals surface area contributed by atoms with E-state index >= 15 is 0 Å². The standard InChI is InChI=1S/C14H14F3NOS/c15-5-11-9-6-20-12(18)4-14(9,7-19-11)8-2-1-3-10(16)13(8)17/h1-4,9,11H,5-7,18H2. The Morgan fingerprint density at radius 2 is 2.20 bits per heavy atom. The summed E-state index contributed by atoms with van der Waals surface area (Å²) in [6, 6.07) is 4.04. The molecule has 3 unspecified atom stereocenters. The van der Waals surface area contributed by atoms with Crippen LogP contribution in [0.15, 0.2) is 29.3 Å². The van der Waals surface area contributed by atoms with E-state index in [4.69, 9.17) is 10.5 Å². The number of nitrogens with two attached hydrogens (primary N) is 1. The van der Waals surface area contributed by atoms with E-state index in [9.17, 15) is 13.2 Å². The van der Waals surface area contributed by atoms with Gasteiger partial charge in [-0.25, -0.2) is 13.2 Å². The van der Waals surface area contributed by atoms with Gasteiger partial charge in [-0.05, 0) is 12.1 Å². The Morgan fingerprint density at radius 1 is 1.40 bits per heavy atom. The predicted octanol–water partition coefficient (Wildman–Crippen LogP) is 2.73. The van der Waals surface area contributed by atoms with Crippen LogP contribution in [0, 0.1) is 17.6 Å². The first-order valence-corrected chi connectivity index (χ1v) is 7.30. The smallest absolute Gasteiger partial charge is 0.162 e. The number of alkyl halides is 1. The van der Waals surface area contributed by atoms with Crippen LogP contribution in [0.25, 0.3) is 0 Å². The third kappa shape index (κ3) is 1.93. The maximum absolute atomic E-state index is 14.2. The van der Waals surface area contributed by atoms with Crippen molar-refractivity contribution in [2.75, 3.05) is 19.0 Å². The Balaban J connectivity index is 2.16. The van der Waals surface area contributed by atoms with Crippen molar-refractivity contribution < 1.29 is 17.9 Å². The molecular formula is C14H14F3NOS. The topological polar surface area (TPSA) is 35.2 Å². The molecule has 108 valence electrons. The maximum atomic E-state index is 14.2. The molecule has 3 atom stereocenters. The Hall–Kier alpha value is -1.14. The average Bonchev–Trinajstić information content (AvgIpc) is 2.80. The van der Waals surface area contributed by atoms with Crippen LogP contribution in [-0.2, 0) is 10.2 Å². The van der Waals surface area contributed by atoms with Gasteiger partial charge in [-0.1, -0.05) is 12.1 Å². The molecule has 20 heavy (non-hydrogen) atoms. The van der Waals surface area contributed by atoms with Crippen molar-refractivity contribution in [3.8, 4) is 0 Å². The van der Waals surface area contributed by atoms with Crippen molar-refractivity contribution in [1.29, 1.82) is 0 Å². The number of rotatable bonds is 2. The summed E-state index contributed by atoms with van der Waals surface area (Å²) < 4.78 is 46.2. The average molecular weight is 301 g/mol. The molecule has 0 bridgehead atoms. The summed E-state index contributed by atoms with van der Waals surface area (Å²) in [6.45, 7) is -0.522. The Bertz CT molecular complexity index is 565. The third-order valence-corrected chi connectivity index (χ3v) is 5.06. The minimum absolute atomic E-state index is 0.119. The van der Waals surface area contributed by atoms with Gasteiger partial charge >= 0.3 is 0 Å². The van der Waals surface area contributed by atoms with Crippen molar-refractivity contribution in [3.63, 3.8) is 0 Å². The second-order valence-corrected chi connectivity index (χ2v) is 6.20. The van der Waals surface area contributed by atoms with Crippen molar-refractivity contribution >= 4 is 11.8 Å². The zero-order chi connectivity index (χ0) is 14.3. The van der Waals surface area contributed by atoms with Crippen LogP contribution < -0.4 is 5.73 Å². The van der Waals surface area contributed by atoms with Gasteiger partial charge in [0, 0.05) is 22.6 Å². The first kappa shape index (κ1) is 13.8. The predicted molar refractivity (Wildman–Crippen MR) is 72.0 cm³/mol. The first-order valence-electron chi connectivity index (χ1n) is 6.31. The zero-order valence-electron chi connectivity index (χ0n) is 10.6. The molecule has 6 heteroatoms. The first-order chi connectivity index (χ1) is 9.58. The number of thioether (sulfide) groups is 1. The number of hydrogen-bond donors (Lipinski definition) is 1. The van der Waals surface area contributed by atoms with Gasteiger partial charge in [-0.3, -0.25) is 0 Å². The fraction of sp³-hybridized carbons (Fsp3) is 0.429. The summed E-state index contributed by atoms with van der Waals surface area (Å²) in [7, 11) is 0.